The minimum atomic E-state index is 0. The normalized spacial score (nSPS) is 14.0. The van der Waals surface area contributed by atoms with Crippen LogP contribution in [0.2, 0.25) is 0 Å². The fraction of sp³-hybridized carbons (Fsp3) is 0.333. The Kier molecular flexibility index (Phi) is 4.06. The van der Waals surface area contributed by atoms with Crippen molar-refractivity contribution in [1.82, 2.24) is 0 Å². The molecular formula is C9H11KO2. The number of hydrogen-bond donors (Lipinski definition) is 1. The maximum absolute atomic E-state index is 9.13. The van der Waals surface area contributed by atoms with Gasteiger partial charge < -0.3 is 9.84 Å². The average molecular weight is 190 g/mol. The molecule has 1 aliphatic heterocycles. The quantitative estimate of drug-likeness (QED) is 0.620. The van der Waals surface area contributed by atoms with Crippen LogP contribution in [0, 0.1) is 0 Å². The number of fused-ring (bicyclic) bond motifs is 1. The van der Waals surface area contributed by atoms with E-state index in [1.807, 2.05) is 6.07 Å². The molecule has 2 rings (SSSR count). The summed E-state index contributed by atoms with van der Waals surface area (Å²) >= 11 is 0. The predicted molar refractivity (Wildman–Crippen MR) is 49.1 cm³/mol. The molecule has 0 saturated carbocycles. The maximum atomic E-state index is 9.13. The molecular weight excluding hydrogens is 179 g/mol. The van der Waals surface area contributed by atoms with Gasteiger partial charge in [0.15, 0.2) is 0 Å². The van der Waals surface area contributed by atoms with Crippen molar-refractivity contribution >= 4 is 51.4 Å². The molecule has 0 unspecified atom stereocenters. The van der Waals surface area contributed by atoms with Crippen molar-refractivity contribution in [3.8, 4) is 11.5 Å². The van der Waals surface area contributed by atoms with Crippen molar-refractivity contribution in [2.75, 3.05) is 6.61 Å². The molecule has 0 amide bonds. The van der Waals surface area contributed by atoms with E-state index in [4.69, 9.17) is 9.84 Å². The summed E-state index contributed by atoms with van der Waals surface area (Å²) in [6.07, 6.45) is 2.07. The van der Waals surface area contributed by atoms with E-state index < -0.39 is 0 Å². The van der Waals surface area contributed by atoms with Crippen LogP contribution in [0.5, 0.6) is 11.5 Å². The molecule has 2 nitrogen and oxygen atoms in total. The van der Waals surface area contributed by atoms with E-state index in [0.717, 1.165) is 30.8 Å². The van der Waals surface area contributed by atoms with Crippen molar-refractivity contribution in [2.45, 2.75) is 12.8 Å². The second-order valence-electron chi connectivity index (χ2n) is 2.74. The van der Waals surface area contributed by atoms with Gasteiger partial charge >= 0.3 is 51.4 Å². The van der Waals surface area contributed by atoms with Crippen LogP contribution < -0.4 is 4.74 Å². The number of ether oxygens (including phenoxy) is 1. The van der Waals surface area contributed by atoms with Crippen LogP contribution in [0.4, 0.5) is 0 Å². The van der Waals surface area contributed by atoms with Gasteiger partial charge in [0.05, 0.1) is 6.61 Å². The van der Waals surface area contributed by atoms with E-state index in [1.54, 1.807) is 12.1 Å². The van der Waals surface area contributed by atoms with Gasteiger partial charge in [-0.05, 0) is 36.6 Å². The van der Waals surface area contributed by atoms with Gasteiger partial charge in [-0.3, -0.25) is 0 Å². The molecule has 0 spiro atoms. The Morgan fingerprint density at radius 2 is 2.17 bits per heavy atom. The zero-order valence-corrected chi connectivity index (χ0v) is 6.21. The molecule has 1 N–H and O–H groups in total. The van der Waals surface area contributed by atoms with Gasteiger partial charge in [-0.1, -0.05) is 0 Å². The monoisotopic (exact) mass is 190 g/mol. The molecule has 1 aromatic carbocycles. The molecule has 0 bridgehead atoms. The molecule has 0 aliphatic carbocycles. The molecule has 1 heterocycles. The summed E-state index contributed by atoms with van der Waals surface area (Å²) in [6, 6.07) is 5.25. The molecule has 0 atom stereocenters. The van der Waals surface area contributed by atoms with E-state index in [9.17, 15) is 0 Å². The standard InChI is InChI=1S/C9H10O2.K.H/c10-8-3-4-9-7(6-8)2-1-5-11-9;;/h3-4,6,10H,1-2,5H2;;. The van der Waals surface area contributed by atoms with Gasteiger partial charge in [0, 0.05) is 0 Å². The van der Waals surface area contributed by atoms with Crippen molar-refractivity contribution in [1.29, 1.82) is 0 Å². The van der Waals surface area contributed by atoms with Crippen LogP contribution in [0.15, 0.2) is 18.2 Å². The van der Waals surface area contributed by atoms with Gasteiger partial charge in [0.2, 0.25) is 0 Å². The first kappa shape index (κ1) is 10.5. The molecule has 12 heavy (non-hydrogen) atoms. The van der Waals surface area contributed by atoms with Gasteiger partial charge in [0.25, 0.3) is 0 Å². The Labute approximate surface area is 114 Å². The summed E-state index contributed by atoms with van der Waals surface area (Å²) in [6.45, 7) is 0.803. The van der Waals surface area contributed by atoms with E-state index >= 15 is 0 Å². The number of benzene rings is 1. The second kappa shape index (κ2) is 4.63. The molecule has 1 aromatic rings. The molecule has 0 fully saturated rings. The van der Waals surface area contributed by atoms with Crippen molar-refractivity contribution in [3.63, 3.8) is 0 Å². The van der Waals surface area contributed by atoms with Crippen LogP contribution in [-0.2, 0) is 6.42 Å². The number of aromatic hydroxyl groups is 1. The van der Waals surface area contributed by atoms with Crippen LogP contribution in [0.3, 0.4) is 0 Å². The summed E-state index contributed by atoms with van der Waals surface area (Å²) < 4.78 is 5.37. The second-order valence-corrected chi connectivity index (χ2v) is 2.74. The molecule has 0 saturated heterocycles. The first-order chi connectivity index (χ1) is 5.36. The predicted octanol–water partition coefficient (Wildman–Crippen LogP) is 1.07. The van der Waals surface area contributed by atoms with Crippen LogP contribution >= 0.6 is 0 Å². The summed E-state index contributed by atoms with van der Waals surface area (Å²) in [5.41, 5.74) is 1.12. The van der Waals surface area contributed by atoms with Gasteiger partial charge in [-0.15, -0.1) is 0 Å². The first-order valence-electron chi connectivity index (χ1n) is 3.81. The summed E-state index contributed by atoms with van der Waals surface area (Å²) in [5.74, 6) is 1.25. The average Bonchev–Trinajstić information content (AvgIpc) is 2.04. The third-order valence-electron chi connectivity index (χ3n) is 1.89. The molecule has 3 heteroatoms. The Morgan fingerprint density at radius 3 is 3.00 bits per heavy atom. The van der Waals surface area contributed by atoms with Crippen LogP contribution in [-0.4, -0.2) is 63.1 Å². The zero-order chi connectivity index (χ0) is 7.68. The van der Waals surface area contributed by atoms with Crippen molar-refractivity contribution in [3.05, 3.63) is 23.8 Å². The Hall–Kier alpha value is 0.456. The van der Waals surface area contributed by atoms with E-state index in [2.05, 4.69) is 0 Å². The Bertz CT molecular complexity index is 273. The van der Waals surface area contributed by atoms with E-state index in [1.165, 1.54) is 0 Å². The van der Waals surface area contributed by atoms with Crippen LogP contribution in [0.25, 0.3) is 0 Å². The SMILES string of the molecule is Oc1ccc2c(c1)CCCO2.[KH]. The summed E-state index contributed by atoms with van der Waals surface area (Å²) in [4.78, 5) is 0. The van der Waals surface area contributed by atoms with Gasteiger partial charge in [-0.2, -0.15) is 0 Å². The van der Waals surface area contributed by atoms with Crippen molar-refractivity contribution in [2.24, 2.45) is 0 Å². The van der Waals surface area contributed by atoms with Gasteiger partial charge in [-0.25, -0.2) is 0 Å². The third-order valence-corrected chi connectivity index (χ3v) is 1.89. The van der Waals surface area contributed by atoms with Gasteiger partial charge in [0.1, 0.15) is 11.5 Å². The topological polar surface area (TPSA) is 29.5 Å². The van der Waals surface area contributed by atoms with Crippen LogP contribution in [0.1, 0.15) is 12.0 Å². The Morgan fingerprint density at radius 1 is 1.33 bits per heavy atom. The van der Waals surface area contributed by atoms with E-state index in [-0.39, 0.29) is 51.4 Å². The molecule has 1 aliphatic rings. The number of aryl methyl sites for hydroxylation is 1. The molecule has 60 valence electrons. The first-order valence-corrected chi connectivity index (χ1v) is 3.81. The minimum absolute atomic E-state index is 0. The molecule has 0 radical (unpaired) electrons. The molecule has 0 aromatic heterocycles. The van der Waals surface area contributed by atoms with E-state index in [0.29, 0.717) is 5.75 Å². The number of phenolic OH excluding ortho intramolecular Hbond substituents is 1. The zero-order valence-electron chi connectivity index (χ0n) is 6.21. The number of hydrogen-bond acceptors (Lipinski definition) is 2. The summed E-state index contributed by atoms with van der Waals surface area (Å²) in [7, 11) is 0. The Balaban J connectivity index is 0.000000720. The number of rotatable bonds is 0. The number of phenols is 1. The summed E-state index contributed by atoms with van der Waals surface area (Å²) in [5, 5.41) is 9.13. The third kappa shape index (κ3) is 2.23. The fourth-order valence-electron chi connectivity index (χ4n) is 1.35. The fourth-order valence-corrected chi connectivity index (χ4v) is 1.35. The van der Waals surface area contributed by atoms with Crippen molar-refractivity contribution < 1.29 is 9.84 Å².